The summed E-state index contributed by atoms with van der Waals surface area (Å²) in [6, 6.07) is 41.1. The van der Waals surface area contributed by atoms with Crippen LogP contribution in [0.4, 0.5) is 0 Å². The zero-order valence-corrected chi connectivity index (χ0v) is 26.0. The first kappa shape index (κ1) is 29.5. The standard InChI is InChI=1S/C36H37O2PS2/c1-29-28-35(41-40-29)30-23-25-31(26-24-30)38-36(37)22-14-3-2-4-15-27-39(32-16-8-5-9-17-32,33-18-10-6-11-19-33)34-20-12-7-13-21-34/h5-13,16-21,23-26,28,39H,1-4,14-15,22,27H2. The van der Waals surface area contributed by atoms with E-state index in [1.165, 1.54) is 33.4 Å². The molecular formula is C36H37O2PS2. The topological polar surface area (TPSA) is 26.3 Å². The second-order valence-corrected chi connectivity index (χ2v) is 16.8. The van der Waals surface area contributed by atoms with Gasteiger partial charge in [0, 0.05) is 9.81 Å². The SMILES string of the molecule is C=C1C=C(c2ccc(OC(=O)CCCCCCC[PH](c3ccccc3)(c3ccccc3)c3ccccc3)cc2)SS1. The van der Waals surface area contributed by atoms with Crippen molar-refractivity contribution in [2.24, 2.45) is 0 Å². The average molecular weight is 597 g/mol. The van der Waals surface area contributed by atoms with Crippen molar-refractivity contribution in [1.82, 2.24) is 0 Å². The first-order valence-corrected chi connectivity index (χ1v) is 18.7. The summed E-state index contributed by atoms with van der Waals surface area (Å²) in [7, 11) is 1.23. The van der Waals surface area contributed by atoms with Crippen LogP contribution in [0.3, 0.4) is 0 Å². The molecule has 0 aliphatic carbocycles. The van der Waals surface area contributed by atoms with Gasteiger partial charge >= 0.3 is 204 Å². The third kappa shape index (κ3) is 7.63. The Hall–Kier alpha value is -3.04. The zero-order chi connectivity index (χ0) is 28.3. The average Bonchev–Trinajstić information content (AvgIpc) is 3.46. The van der Waals surface area contributed by atoms with Gasteiger partial charge in [0.15, 0.2) is 0 Å². The molecule has 0 atom stereocenters. The Bertz CT molecular complexity index is 1360. The number of ether oxygens (including phenoxy) is 1. The number of carbonyl (C=O) groups excluding carboxylic acids is 1. The minimum atomic E-state index is -2.15. The Kier molecular flexibility index (Phi) is 10.6. The number of benzene rings is 4. The number of esters is 1. The van der Waals surface area contributed by atoms with Crippen LogP contribution in [0.25, 0.3) is 4.91 Å². The van der Waals surface area contributed by atoms with E-state index in [2.05, 4.69) is 104 Å². The Morgan fingerprint density at radius 3 is 1.66 bits per heavy atom. The summed E-state index contributed by atoms with van der Waals surface area (Å²) < 4.78 is 5.59. The van der Waals surface area contributed by atoms with E-state index in [4.69, 9.17) is 4.74 Å². The third-order valence-corrected chi connectivity index (χ3v) is 15.1. The van der Waals surface area contributed by atoms with Gasteiger partial charge < -0.3 is 0 Å². The first-order chi connectivity index (χ1) is 20.1. The van der Waals surface area contributed by atoms with Gasteiger partial charge in [-0.05, 0) is 11.6 Å². The summed E-state index contributed by atoms with van der Waals surface area (Å²) in [6.45, 7) is 3.99. The Morgan fingerprint density at radius 2 is 1.15 bits per heavy atom. The van der Waals surface area contributed by atoms with E-state index in [9.17, 15) is 4.79 Å². The summed E-state index contributed by atoms with van der Waals surface area (Å²) in [4.78, 5) is 14.7. The van der Waals surface area contributed by atoms with Crippen LogP contribution in [0.15, 0.2) is 133 Å². The summed E-state index contributed by atoms with van der Waals surface area (Å²) in [5.41, 5.74) is 1.12. The molecule has 1 aliphatic heterocycles. The first-order valence-electron chi connectivity index (χ1n) is 14.4. The van der Waals surface area contributed by atoms with Crippen molar-refractivity contribution in [2.45, 2.75) is 38.5 Å². The molecule has 0 amide bonds. The molecule has 5 heteroatoms. The van der Waals surface area contributed by atoms with Crippen LogP contribution in [0.1, 0.15) is 44.1 Å². The van der Waals surface area contributed by atoms with Gasteiger partial charge in [-0.2, -0.15) is 0 Å². The molecule has 4 aromatic rings. The number of rotatable bonds is 13. The van der Waals surface area contributed by atoms with E-state index in [1.807, 2.05) is 24.3 Å². The van der Waals surface area contributed by atoms with E-state index < -0.39 is 7.26 Å². The molecule has 0 N–H and O–H groups in total. The summed E-state index contributed by atoms with van der Waals surface area (Å²) in [5.74, 6) is 0.456. The number of unbranched alkanes of at least 4 members (excludes halogenated alkanes) is 4. The van der Waals surface area contributed by atoms with Crippen LogP contribution in [0.5, 0.6) is 5.75 Å². The normalized spacial score (nSPS) is 13.6. The molecule has 41 heavy (non-hydrogen) atoms. The van der Waals surface area contributed by atoms with Gasteiger partial charge in [0.1, 0.15) is 0 Å². The quantitative estimate of drug-likeness (QED) is 0.0506. The fraction of sp³-hybridized carbons (Fsp3) is 0.194. The molecule has 0 saturated heterocycles. The van der Waals surface area contributed by atoms with Gasteiger partial charge in [0.25, 0.3) is 0 Å². The summed E-state index contributed by atoms with van der Waals surface area (Å²) >= 11 is 0. The number of hydrogen-bond donors (Lipinski definition) is 0. The van der Waals surface area contributed by atoms with Crippen LogP contribution in [-0.4, -0.2) is 12.1 Å². The minimum absolute atomic E-state index is 0.153. The molecule has 1 heterocycles. The van der Waals surface area contributed by atoms with Crippen molar-refractivity contribution in [3.05, 3.63) is 138 Å². The number of carbonyl (C=O) groups is 1. The predicted octanol–water partition coefficient (Wildman–Crippen LogP) is 8.91. The van der Waals surface area contributed by atoms with Gasteiger partial charge in [-0.15, -0.1) is 0 Å². The van der Waals surface area contributed by atoms with Crippen molar-refractivity contribution < 1.29 is 9.53 Å². The number of hydrogen-bond acceptors (Lipinski definition) is 4. The molecule has 5 rings (SSSR count). The Morgan fingerprint density at radius 1 is 0.634 bits per heavy atom. The summed E-state index contributed by atoms with van der Waals surface area (Å²) in [5, 5.41) is 4.41. The van der Waals surface area contributed by atoms with Crippen molar-refractivity contribution in [2.75, 3.05) is 6.16 Å². The van der Waals surface area contributed by atoms with Crippen molar-refractivity contribution >= 4 is 55.6 Å². The third-order valence-electron chi connectivity index (χ3n) is 7.63. The monoisotopic (exact) mass is 596 g/mol. The molecule has 0 bridgehead atoms. The van der Waals surface area contributed by atoms with Gasteiger partial charge in [-0.1, -0.05) is 28.2 Å². The van der Waals surface area contributed by atoms with Crippen LogP contribution in [0.2, 0.25) is 0 Å². The maximum absolute atomic E-state index is 12.4. The Balaban J connectivity index is 1.12. The van der Waals surface area contributed by atoms with Crippen molar-refractivity contribution in [3.63, 3.8) is 0 Å². The molecule has 0 radical (unpaired) electrons. The van der Waals surface area contributed by atoms with E-state index >= 15 is 0 Å². The van der Waals surface area contributed by atoms with E-state index in [1.54, 1.807) is 21.6 Å². The van der Waals surface area contributed by atoms with E-state index in [0.29, 0.717) is 12.2 Å². The van der Waals surface area contributed by atoms with Crippen LogP contribution in [-0.2, 0) is 4.79 Å². The van der Waals surface area contributed by atoms with Crippen molar-refractivity contribution in [3.8, 4) is 5.75 Å². The van der Waals surface area contributed by atoms with Gasteiger partial charge in [0.2, 0.25) is 0 Å². The fourth-order valence-electron chi connectivity index (χ4n) is 5.58. The van der Waals surface area contributed by atoms with E-state index in [-0.39, 0.29) is 5.97 Å². The predicted molar refractivity (Wildman–Crippen MR) is 183 cm³/mol. The molecule has 1 aliphatic rings. The second-order valence-electron chi connectivity index (χ2n) is 10.4. The number of allylic oxidation sites excluding steroid dienone is 1. The van der Waals surface area contributed by atoms with Crippen molar-refractivity contribution in [1.29, 1.82) is 0 Å². The molecular weight excluding hydrogens is 560 g/mol. The minimum Gasteiger partial charge on any atom is -0.0531 e. The Labute approximate surface area is 253 Å². The maximum atomic E-state index is 12.4. The smallest absolute Gasteiger partial charge is 0.0531 e. The molecule has 0 unspecified atom stereocenters. The molecule has 2 nitrogen and oxygen atoms in total. The van der Waals surface area contributed by atoms with Gasteiger partial charge in [-0.25, -0.2) is 0 Å². The zero-order valence-electron chi connectivity index (χ0n) is 23.3. The van der Waals surface area contributed by atoms with Crippen LogP contribution in [0, 0.1) is 0 Å². The second kappa shape index (κ2) is 14.7. The van der Waals surface area contributed by atoms with Gasteiger partial charge in [0.05, 0.1) is 0 Å². The van der Waals surface area contributed by atoms with Crippen LogP contribution < -0.4 is 20.7 Å². The summed E-state index contributed by atoms with van der Waals surface area (Å²) in [6.07, 6.45) is 9.07. The van der Waals surface area contributed by atoms with E-state index in [0.717, 1.165) is 36.2 Å². The molecule has 4 aromatic carbocycles. The molecule has 0 spiro atoms. The molecule has 0 saturated carbocycles. The fourth-order valence-corrected chi connectivity index (χ4v) is 12.5. The van der Waals surface area contributed by atoms with Crippen LogP contribution >= 0.6 is 28.9 Å². The molecule has 210 valence electrons. The molecule has 0 fully saturated rings. The molecule has 0 aromatic heterocycles. The van der Waals surface area contributed by atoms with Gasteiger partial charge in [-0.3, -0.25) is 0 Å².